The number of alkyl halides is 2. The van der Waals surface area contributed by atoms with Crippen LogP contribution in [0.5, 0.6) is 11.5 Å². The highest BCUT2D eigenvalue weighted by Gasteiger charge is 2.39. The maximum atomic E-state index is 13.8. The molecule has 3 aromatic rings. The van der Waals surface area contributed by atoms with E-state index in [0.29, 0.717) is 29.4 Å². The number of fused-ring (bicyclic) bond motifs is 1. The maximum absolute atomic E-state index is 13.8. The zero-order chi connectivity index (χ0) is 20.1. The number of imidazole rings is 1. The summed E-state index contributed by atoms with van der Waals surface area (Å²) in [7, 11) is 3.16. The zero-order valence-corrected chi connectivity index (χ0v) is 16.3. The monoisotopic (exact) mass is 388 g/mol. The van der Waals surface area contributed by atoms with Crippen LogP contribution in [0.3, 0.4) is 0 Å². The van der Waals surface area contributed by atoms with Gasteiger partial charge in [0.1, 0.15) is 0 Å². The number of nitrogens with zero attached hydrogens (tertiary/aromatic N) is 4. The Hall–Kier alpha value is -2.90. The molecule has 0 atom stereocenters. The van der Waals surface area contributed by atoms with Crippen LogP contribution >= 0.6 is 0 Å². The summed E-state index contributed by atoms with van der Waals surface area (Å²) >= 11 is 0. The lowest BCUT2D eigenvalue weighted by Gasteiger charge is -2.19. The SMILES string of the molecule is COc1ccc(-c2c(C)nc3c(N4CCC(F)(F)C4)cc(C)nn23)cc1OC. The molecule has 0 bridgehead atoms. The third kappa shape index (κ3) is 3.02. The van der Waals surface area contributed by atoms with Crippen molar-refractivity contribution in [2.75, 3.05) is 32.2 Å². The Bertz CT molecular complexity index is 1050. The van der Waals surface area contributed by atoms with Crippen LogP contribution in [0.1, 0.15) is 17.8 Å². The first-order valence-electron chi connectivity index (χ1n) is 9.05. The van der Waals surface area contributed by atoms with Crippen molar-refractivity contribution in [1.82, 2.24) is 14.6 Å². The minimum atomic E-state index is -2.68. The number of rotatable bonds is 4. The molecule has 28 heavy (non-hydrogen) atoms. The Kier molecular flexibility index (Phi) is 4.36. The van der Waals surface area contributed by atoms with Crippen molar-refractivity contribution in [3.8, 4) is 22.8 Å². The van der Waals surface area contributed by atoms with Crippen molar-refractivity contribution in [2.45, 2.75) is 26.2 Å². The Morgan fingerprint density at radius 3 is 2.46 bits per heavy atom. The van der Waals surface area contributed by atoms with Gasteiger partial charge in [-0.1, -0.05) is 0 Å². The fraction of sp³-hybridized carbons (Fsp3) is 0.400. The van der Waals surface area contributed by atoms with Crippen LogP contribution in [0.2, 0.25) is 0 Å². The van der Waals surface area contributed by atoms with E-state index in [4.69, 9.17) is 9.47 Å². The van der Waals surface area contributed by atoms with Gasteiger partial charge >= 0.3 is 0 Å². The number of aryl methyl sites for hydroxylation is 2. The summed E-state index contributed by atoms with van der Waals surface area (Å²) < 4.78 is 40.0. The average molecular weight is 388 g/mol. The second-order valence-electron chi connectivity index (χ2n) is 7.05. The first kappa shape index (κ1) is 18.5. The van der Waals surface area contributed by atoms with Gasteiger partial charge in [-0.25, -0.2) is 18.3 Å². The van der Waals surface area contributed by atoms with E-state index in [1.165, 1.54) is 0 Å². The molecule has 1 fully saturated rings. The highest BCUT2D eigenvalue weighted by atomic mass is 19.3. The summed E-state index contributed by atoms with van der Waals surface area (Å²) in [6.45, 7) is 3.73. The molecule has 1 aliphatic rings. The van der Waals surface area contributed by atoms with Crippen LogP contribution in [-0.2, 0) is 0 Å². The third-order valence-corrected chi connectivity index (χ3v) is 5.03. The molecule has 2 aromatic heterocycles. The second-order valence-corrected chi connectivity index (χ2v) is 7.05. The molecule has 0 N–H and O–H groups in total. The molecule has 0 radical (unpaired) electrons. The van der Waals surface area contributed by atoms with Gasteiger partial charge < -0.3 is 14.4 Å². The molecule has 6 nitrogen and oxygen atoms in total. The fourth-order valence-electron chi connectivity index (χ4n) is 3.72. The summed E-state index contributed by atoms with van der Waals surface area (Å²) in [5.74, 6) is -1.45. The van der Waals surface area contributed by atoms with E-state index < -0.39 is 5.92 Å². The van der Waals surface area contributed by atoms with Gasteiger partial charge in [-0.2, -0.15) is 5.10 Å². The Balaban J connectivity index is 1.89. The highest BCUT2D eigenvalue weighted by molar-refractivity contribution is 5.77. The van der Waals surface area contributed by atoms with E-state index in [0.717, 1.165) is 22.6 Å². The molecule has 4 rings (SSSR count). The zero-order valence-electron chi connectivity index (χ0n) is 16.3. The molecule has 8 heteroatoms. The molecule has 0 amide bonds. The molecular formula is C20H22F2N4O2. The van der Waals surface area contributed by atoms with Gasteiger partial charge in [-0.05, 0) is 38.1 Å². The van der Waals surface area contributed by atoms with Gasteiger partial charge in [-0.3, -0.25) is 0 Å². The van der Waals surface area contributed by atoms with E-state index in [1.807, 2.05) is 38.1 Å². The summed E-state index contributed by atoms with van der Waals surface area (Å²) in [6, 6.07) is 7.42. The van der Waals surface area contributed by atoms with Gasteiger partial charge in [0.15, 0.2) is 17.1 Å². The van der Waals surface area contributed by atoms with Crippen molar-refractivity contribution in [3.05, 3.63) is 35.7 Å². The van der Waals surface area contributed by atoms with E-state index in [1.54, 1.807) is 23.6 Å². The average Bonchev–Trinajstić information content (AvgIpc) is 3.19. The summed E-state index contributed by atoms with van der Waals surface area (Å²) in [5, 5.41) is 4.61. The van der Waals surface area contributed by atoms with E-state index in [9.17, 15) is 8.78 Å². The maximum Gasteiger partial charge on any atom is 0.266 e. The first-order chi connectivity index (χ1) is 13.3. The number of aromatic nitrogens is 3. The van der Waals surface area contributed by atoms with Gasteiger partial charge in [0.25, 0.3) is 5.92 Å². The van der Waals surface area contributed by atoms with Crippen molar-refractivity contribution in [1.29, 1.82) is 0 Å². The first-order valence-corrected chi connectivity index (χ1v) is 9.05. The normalized spacial score (nSPS) is 16.0. The lowest BCUT2D eigenvalue weighted by atomic mass is 10.1. The molecule has 148 valence electrons. The minimum absolute atomic E-state index is 0.150. The smallest absolute Gasteiger partial charge is 0.266 e. The fourth-order valence-corrected chi connectivity index (χ4v) is 3.72. The Morgan fingerprint density at radius 2 is 1.82 bits per heavy atom. The molecule has 3 heterocycles. The van der Waals surface area contributed by atoms with Crippen molar-refractivity contribution >= 4 is 11.3 Å². The van der Waals surface area contributed by atoms with Gasteiger partial charge in [0, 0.05) is 18.5 Å². The predicted octanol–water partition coefficient (Wildman–Crippen LogP) is 3.88. The third-order valence-electron chi connectivity index (χ3n) is 5.03. The molecule has 1 aliphatic heterocycles. The summed E-state index contributed by atoms with van der Waals surface area (Å²) in [6.07, 6.45) is -0.150. The van der Waals surface area contributed by atoms with Crippen LogP contribution < -0.4 is 14.4 Å². The predicted molar refractivity (Wildman–Crippen MR) is 103 cm³/mol. The molecule has 0 aliphatic carbocycles. The molecule has 0 unspecified atom stereocenters. The van der Waals surface area contributed by atoms with E-state index in [2.05, 4.69) is 10.1 Å². The Labute approximate surface area is 161 Å². The summed E-state index contributed by atoms with van der Waals surface area (Å²) in [5.41, 5.74) is 4.41. The number of anilines is 1. The van der Waals surface area contributed by atoms with Gasteiger partial charge in [-0.15, -0.1) is 0 Å². The van der Waals surface area contributed by atoms with E-state index >= 15 is 0 Å². The topological polar surface area (TPSA) is 51.9 Å². The number of ether oxygens (including phenoxy) is 2. The number of hydrogen-bond acceptors (Lipinski definition) is 5. The number of hydrogen-bond donors (Lipinski definition) is 0. The Morgan fingerprint density at radius 1 is 1.07 bits per heavy atom. The molecule has 0 spiro atoms. The molecule has 1 saturated heterocycles. The second kappa shape index (κ2) is 6.61. The number of halogens is 2. The van der Waals surface area contributed by atoms with Crippen molar-refractivity contribution in [3.63, 3.8) is 0 Å². The highest BCUT2D eigenvalue weighted by Crippen LogP contribution is 2.37. The molecule has 1 aromatic carbocycles. The van der Waals surface area contributed by atoms with Crippen LogP contribution in [0.15, 0.2) is 24.3 Å². The standard InChI is InChI=1S/C20H22F2N4O2/c1-12-9-15(25-8-7-20(21,22)11-25)19-23-13(2)18(26(19)24-12)14-5-6-16(27-3)17(10-14)28-4/h5-6,9-10H,7-8,11H2,1-4H3. The molecule has 0 saturated carbocycles. The minimum Gasteiger partial charge on any atom is -0.493 e. The quantitative estimate of drug-likeness (QED) is 0.679. The van der Waals surface area contributed by atoms with Crippen molar-refractivity contribution < 1.29 is 18.3 Å². The number of benzene rings is 1. The van der Waals surface area contributed by atoms with Gasteiger partial charge in [0.05, 0.1) is 43.5 Å². The van der Waals surface area contributed by atoms with Crippen molar-refractivity contribution in [2.24, 2.45) is 0 Å². The van der Waals surface area contributed by atoms with Gasteiger partial charge in [0.2, 0.25) is 0 Å². The number of methoxy groups -OCH3 is 2. The van der Waals surface area contributed by atoms with Crippen LogP contribution in [-0.4, -0.2) is 47.8 Å². The lowest BCUT2D eigenvalue weighted by Crippen LogP contribution is -2.25. The summed E-state index contributed by atoms with van der Waals surface area (Å²) in [4.78, 5) is 6.35. The molecular weight excluding hydrogens is 366 g/mol. The van der Waals surface area contributed by atoms with Crippen LogP contribution in [0, 0.1) is 13.8 Å². The lowest BCUT2D eigenvalue weighted by molar-refractivity contribution is 0.0257. The van der Waals surface area contributed by atoms with Crippen LogP contribution in [0.25, 0.3) is 16.9 Å². The van der Waals surface area contributed by atoms with Crippen LogP contribution in [0.4, 0.5) is 14.5 Å². The van der Waals surface area contributed by atoms with E-state index in [-0.39, 0.29) is 13.0 Å². The largest absolute Gasteiger partial charge is 0.493 e.